The van der Waals surface area contributed by atoms with Crippen molar-refractivity contribution in [3.8, 4) is 0 Å². The van der Waals surface area contributed by atoms with Gasteiger partial charge in [0, 0.05) is 44.7 Å². The zero-order valence-corrected chi connectivity index (χ0v) is 15.8. The molecule has 1 N–H and O–H groups in total. The number of urea groups is 1. The summed E-state index contributed by atoms with van der Waals surface area (Å²) in [6.07, 6.45) is 3.71. The van der Waals surface area contributed by atoms with E-state index in [0.717, 1.165) is 13.0 Å². The third-order valence-corrected chi connectivity index (χ3v) is 5.76. The second-order valence-corrected chi connectivity index (χ2v) is 7.36. The molecule has 27 heavy (non-hydrogen) atoms. The molecule has 2 aliphatic rings. The van der Waals surface area contributed by atoms with E-state index in [2.05, 4.69) is 23.8 Å². The third kappa shape index (κ3) is 4.13. The van der Waals surface area contributed by atoms with Gasteiger partial charge in [0.2, 0.25) is 5.91 Å². The van der Waals surface area contributed by atoms with Crippen LogP contribution in [0.3, 0.4) is 0 Å². The van der Waals surface area contributed by atoms with Gasteiger partial charge in [0.05, 0.1) is 5.69 Å². The minimum Gasteiger partial charge on any atom is -0.339 e. The lowest BCUT2D eigenvalue weighted by Gasteiger charge is -2.49. The van der Waals surface area contributed by atoms with Gasteiger partial charge in [-0.15, -0.1) is 6.58 Å². The summed E-state index contributed by atoms with van der Waals surface area (Å²) in [6.45, 7) is 6.75. The van der Waals surface area contributed by atoms with E-state index >= 15 is 0 Å². The van der Waals surface area contributed by atoms with Crippen LogP contribution in [0.15, 0.2) is 36.9 Å². The highest BCUT2D eigenvalue weighted by Gasteiger charge is 2.43. The molecule has 6 nitrogen and oxygen atoms in total. The molecule has 1 atom stereocenters. The average molecular weight is 374 g/mol. The number of para-hydroxylation sites is 1. The van der Waals surface area contributed by atoms with Crippen LogP contribution < -0.4 is 5.32 Å². The fourth-order valence-corrected chi connectivity index (χ4v) is 3.97. The van der Waals surface area contributed by atoms with Crippen molar-refractivity contribution in [1.82, 2.24) is 14.7 Å². The second-order valence-electron chi connectivity index (χ2n) is 7.36. The predicted molar refractivity (Wildman–Crippen MR) is 103 cm³/mol. The molecule has 1 aromatic carbocycles. The van der Waals surface area contributed by atoms with Gasteiger partial charge in [-0.1, -0.05) is 18.2 Å². The highest BCUT2D eigenvalue weighted by molar-refractivity contribution is 5.89. The fraction of sp³-hybridized carbons (Fsp3) is 0.500. The lowest BCUT2D eigenvalue weighted by atomic mass is 9.86. The molecule has 146 valence electrons. The third-order valence-electron chi connectivity index (χ3n) is 5.76. The van der Waals surface area contributed by atoms with Gasteiger partial charge in [-0.05, 0) is 32.0 Å². The summed E-state index contributed by atoms with van der Waals surface area (Å²) in [7, 11) is 2.06. The predicted octanol–water partition coefficient (Wildman–Crippen LogP) is 2.54. The van der Waals surface area contributed by atoms with Crippen molar-refractivity contribution in [2.24, 2.45) is 0 Å². The Morgan fingerprint density at radius 3 is 2.81 bits per heavy atom. The number of carbonyl (C=O) groups excluding carboxylic acids is 2. The number of nitrogens with one attached hydrogen (secondary N) is 1. The lowest BCUT2D eigenvalue weighted by molar-refractivity contribution is -0.130. The molecular weight excluding hydrogens is 347 g/mol. The van der Waals surface area contributed by atoms with Crippen LogP contribution in [0.1, 0.15) is 19.3 Å². The van der Waals surface area contributed by atoms with Gasteiger partial charge in [0.1, 0.15) is 5.82 Å². The summed E-state index contributed by atoms with van der Waals surface area (Å²) < 4.78 is 13.8. The number of halogens is 1. The number of likely N-dealkylation sites (N-methyl/N-ethyl adjacent to an activating group) is 1. The van der Waals surface area contributed by atoms with Gasteiger partial charge in [0.15, 0.2) is 0 Å². The maximum atomic E-state index is 13.8. The van der Waals surface area contributed by atoms with Gasteiger partial charge in [0.25, 0.3) is 0 Å². The normalized spacial score (nSPS) is 24.0. The van der Waals surface area contributed by atoms with Gasteiger partial charge in [-0.25, -0.2) is 9.18 Å². The first-order valence-electron chi connectivity index (χ1n) is 9.35. The van der Waals surface area contributed by atoms with Crippen molar-refractivity contribution in [2.45, 2.75) is 24.8 Å². The van der Waals surface area contributed by atoms with Gasteiger partial charge in [-0.3, -0.25) is 9.69 Å². The molecule has 0 saturated carbocycles. The van der Waals surface area contributed by atoms with Crippen LogP contribution in [0.5, 0.6) is 0 Å². The number of nitrogens with zero attached hydrogens (tertiary/aromatic N) is 3. The number of hydrogen-bond donors (Lipinski definition) is 1. The number of benzene rings is 1. The van der Waals surface area contributed by atoms with Crippen molar-refractivity contribution < 1.29 is 14.0 Å². The molecule has 0 radical (unpaired) electrons. The summed E-state index contributed by atoms with van der Waals surface area (Å²) in [5.41, 5.74) is -0.0557. The van der Waals surface area contributed by atoms with E-state index in [0.29, 0.717) is 39.0 Å². The minimum atomic E-state index is -0.449. The Morgan fingerprint density at radius 2 is 2.07 bits per heavy atom. The Hall–Kier alpha value is -2.41. The average Bonchev–Trinajstić information content (AvgIpc) is 2.81. The molecule has 2 saturated heterocycles. The van der Waals surface area contributed by atoms with E-state index in [-0.39, 0.29) is 23.2 Å². The standard InChI is InChI=1S/C20H27FN4O2/c1-3-11-24-12-10-20(9-8-18(24)26)15-25(14-13-23(20)2)19(27)22-17-7-5-4-6-16(17)21/h3-7H,1,8-15H2,2H3,(H,22,27). The van der Waals surface area contributed by atoms with E-state index in [1.165, 1.54) is 6.07 Å². The first-order valence-corrected chi connectivity index (χ1v) is 9.35. The first kappa shape index (κ1) is 19.4. The van der Waals surface area contributed by atoms with Crippen LogP contribution in [-0.2, 0) is 4.79 Å². The maximum Gasteiger partial charge on any atom is 0.322 e. The van der Waals surface area contributed by atoms with Crippen LogP contribution in [0.2, 0.25) is 0 Å². The van der Waals surface area contributed by atoms with Crippen LogP contribution in [-0.4, -0.2) is 71.9 Å². The smallest absolute Gasteiger partial charge is 0.322 e. The Labute approximate surface area is 159 Å². The van der Waals surface area contributed by atoms with Gasteiger partial charge >= 0.3 is 6.03 Å². The molecule has 0 aliphatic carbocycles. The summed E-state index contributed by atoms with van der Waals surface area (Å²) in [5, 5.41) is 2.67. The summed E-state index contributed by atoms with van der Waals surface area (Å²) in [4.78, 5) is 30.9. The highest BCUT2D eigenvalue weighted by Crippen LogP contribution is 2.32. The lowest BCUT2D eigenvalue weighted by Crippen LogP contribution is -2.62. The number of amides is 3. The van der Waals surface area contributed by atoms with Crippen LogP contribution in [0, 0.1) is 5.82 Å². The number of piperazine rings is 1. The molecule has 1 unspecified atom stereocenters. The molecule has 3 rings (SSSR count). The maximum absolute atomic E-state index is 13.8. The number of anilines is 1. The molecular formula is C20H27FN4O2. The molecule has 2 fully saturated rings. The Balaban J connectivity index is 1.72. The molecule has 2 heterocycles. The molecule has 2 aliphatic heterocycles. The summed E-state index contributed by atoms with van der Waals surface area (Å²) in [5.74, 6) is -0.317. The molecule has 1 spiro atoms. The highest BCUT2D eigenvalue weighted by atomic mass is 19.1. The monoisotopic (exact) mass is 374 g/mol. The van der Waals surface area contributed by atoms with Crippen molar-refractivity contribution in [1.29, 1.82) is 0 Å². The van der Waals surface area contributed by atoms with Crippen molar-refractivity contribution in [2.75, 3.05) is 45.1 Å². The quantitative estimate of drug-likeness (QED) is 0.828. The molecule has 0 aromatic heterocycles. The minimum absolute atomic E-state index is 0.133. The number of hydrogen-bond acceptors (Lipinski definition) is 3. The van der Waals surface area contributed by atoms with Crippen LogP contribution in [0.4, 0.5) is 14.9 Å². The Morgan fingerprint density at radius 1 is 1.30 bits per heavy atom. The largest absolute Gasteiger partial charge is 0.339 e. The van der Waals surface area contributed by atoms with Crippen molar-refractivity contribution in [3.05, 3.63) is 42.7 Å². The van der Waals surface area contributed by atoms with E-state index in [1.54, 1.807) is 29.2 Å². The van der Waals surface area contributed by atoms with E-state index in [4.69, 9.17) is 0 Å². The first-order chi connectivity index (χ1) is 12.9. The molecule has 1 aromatic rings. The van der Waals surface area contributed by atoms with Crippen LogP contribution in [0.25, 0.3) is 0 Å². The van der Waals surface area contributed by atoms with Crippen molar-refractivity contribution in [3.63, 3.8) is 0 Å². The second kappa shape index (κ2) is 8.08. The number of carbonyl (C=O) groups is 2. The molecule has 3 amide bonds. The Bertz CT molecular complexity index is 726. The van der Waals surface area contributed by atoms with Crippen LogP contribution >= 0.6 is 0 Å². The van der Waals surface area contributed by atoms with E-state index in [1.807, 2.05) is 4.90 Å². The van der Waals surface area contributed by atoms with E-state index in [9.17, 15) is 14.0 Å². The van der Waals surface area contributed by atoms with Gasteiger partial charge in [-0.2, -0.15) is 0 Å². The zero-order chi connectivity index (χ0) is 19.4. The SMILES string of the molecule is C=CCN1CCC2(CCC1=O)CN(C(=O)Nc1ccccc1F)CCN2C. The fourth-order valence-electron chi connectivity index (χ4n) is 3.97. The van der Waals surface area contributed by atoms with E-state index < -0.39 is 5.82 Å². The molecule has 7 heteroatoms. The van der Waals surface area contributed by atoms with Crippen molar-refractivity contribution >= 4 is 17.6 Å². The number of rotatable bonds is 3. The topological polar surface area (TPSA) is 55.9 Å². The molecule has 0 bridgehead atoms. The Kier molecular flexibility index (Phi) is 5.79. The summed E-state index contributed by atoms with van der Waals surface area (Å²) >= 11 is 0. The summed E-state index contributed by atoms with van der Waals surface area (Å²) in [6, 6.07) is 5.86. The number of likely N-dealkylation sites (tertiary alicyclic amines) is 1. The van der Waals surface area contributed by atoms with Gasteiger partial charge < -0.3 is 15.1 Å². The zero-order valence-electron chi connectivity index (χ0n) is 15.8.